The molecule has 0 bridgehead atoms. The van der Waals surface area contributed by atoms with Crippen LogP contribution in [0.1, 0.15) is 31.7 Å². The molecule has 1 unspecified atom stereocenters. The van der Waals surface area contributed by atoms with Crippen LogP contribution in [-0.4, -0.2) is 28.1 Å². The third kappa shape index (κ3) is 4.95. The Morgan fingerprint density at radius 2 is 2.10 bits per heavy atom. The molecule has 0 amide bonds. The monoisotopic (exact) mass is 378 g/mol. The van der Waals surface area contributed by atoms with E-state index in [0.29, 0.717) is 5.75 Å². The molecule has 1 atom stereocenters. The third-order valence-corrected chi connectivity index (χ3v) is 5.64. The topological polar surface area (TPSA) is 81.4 Å². The van der Waals surface area contributed by atoms with Crippen molar-refractivity contribution in [2.45, 2.75) is 44.0 Å². The van der Waals surface area contributed by atoms with Crippen molar-refractivity contribution >= 4 is 26.0 Å². The number of benzene rings is 1. The third-order valence-electron chi connectivity index (χ3n) is 3.25. The van der Waals surface area contributed by atoms with Gasteiger partial charge in [0.05, 0.1) is 7.11 Å². The van der Waals surface area contributed by atoms with Gasteiger partial charge in [-0.1, -0.05) is 35.7 Å². The Bertz CT molecular complexity index is 576. The van der Waals surface area contributed by atoms with E-state index < -0.39 is 10.0 Å². The Hall–Kier alpha value is -0.630. The Labute approximate surface area is 135 Å². The number of rotatable bonds is 8. The van der Waals surface area contributed by atoms with Crippen LogP contribution in [0.2, 0.25) is 0 Å². The van der Waals surface area contributed by atoms with E-state index in [1.54, 1.807) is 12.1 Å². The minimum atomic E-state index is -3.67. The van der Waals surface area contributed by atoms with Gasteiger partial charge in [-0.2, -0.15) is 0 Å². The van der Waals surface area contributed by atoms with Crippen LogP contribution in [0.25, 0.3) is 0 Å². The maximum absolute atomic E-state index is 12.5. The molecule has 120 valence electrons. The van der Waals surface area contributed by atoms with Crippen molar-refractivity contribution in [2.75, 3.05) is 13.7 Å². The van der Waals surface area contributed by atoms with Crippen molar-refractivity contribution in [1.29, 1.82) is 0 Å². The number of aryl methyl sites for hydroxylation is 1. The molecule has 1 aromatic carbocycles. The van der Waals surface area contributed by atoms with Crippen LogP contribution < -0.4 is 15.2 Å². The molecule has 0 spiro atoms. The van der Waals surface area contributed by atoms with E-state index in [1.165, 1.54) is 7.11 Å². The van der Waals surface area contributed by atoms with Gasteiger partial charge in [-0.05, 0) is 31.0 Å². The second-order valence-electron chi connectivity index (χ2n) is 4.95. The summed E-state index contributed by atoms with van der Waals surface area (Å²) in [6, 6.07) is 2.99. The lowest BCUT2D eigenvalue weighted by molar-refractivity contribution is 0.401. The van der Waals surface area contributed by atoms with Crippen LogP contribution in [0.15, 0.2) is 21.5 Å². The molecule has 0 heterocycles. The molecule has 0 saturated carbocycles. The highest BCUT2D eigenvalue weighted by Gasteiger charge is 2.23. The molecule has 0 fully saturated rings. The van der Waals surface area contributed by atoms with Gasteiger partial charge >= 0.3 is 0 Å². The van der Waals surface area contributed by atoms with Gasteiger partial charge in [0.15, 0.2) is 0 Å². The number of sulfonamides is 1. The normalized spacial score (nSPS) is 13.2. The highest BCUT2D eigenvalue weighted by Crippen LogP contribution is 2.30. The molecular formula is C14H23BrN2O3S. The van der Waals surface area contributed by atoms with Gasteiger partial charge in [0.1, 0.15) is 10.6 Å². The van der Waals surface area contributed by atoms with Crippen LogP contribution in [0.5, 0.6) is 5.75 Å². The lowest BCUT2D eigenvalue weighted by Gasteiger charge is -2.18. The maximum atomic E-state index is 12.5. The second kappa shape index (κ2) is 8.12. The maximum Gasteiger partial charge on any atom is 0.244 e. The molecule has 0 saturated heterocycles. The minimum Gasteiger partial charge on any atom is -0.495 e. The fourth-order valence-corrected chi connectivity index (χ4v) is 3.92. The summed E-state index contributed by atoms with van der Waals surface area (Å²) in [7, 11) is -2.21. The number of hydrogen-bond acceptors (Lipinski definition) is 4. The van der Waals surface area contributed by atoms with E-state index in [2.05, 4.69) is 27.6 Å². The number of nitrogens with one attached hydrogen (secondary N) is 1. The Morgan fingerprint density at radius 1 is 1.43 bits per heavy atom. The van der Waals surface area contributed by atoms with Gasteiger partial charge in [-0.25, -0.2) is 13.1 Å². The SMILES string of the molecule is CCCCC(CN)NS(=O)(=O)c1cc(Br)c(C)cc1OC. The number of methoxy groups -OCH3 is 1. The number of unbranched alkanes of at least 4 members (excludes halogenated alkanes) is 1. The Balaban J connectivity index is 3.09. The van der Waals surface area contributed by atoms with E-state index in [9.17, 15) is 8.42 Å². The smallest absolute Gasteiger partial charge is 0.244 e. The Kier molecular flexibility index (Phi) is 7.12. The number of halogens is 1. The summed E-state index contributed by atoms with van der Waals surface area (Å²) < 4.78 is 33.7. The largest absolute Gasteiger partial charge is 0.495 e. The van der Waals surface area contributed by atoms with E-state index in [-0.39, 0.29) is 17.5 Å². The fourth-order valence-electron chi connectivity index (χ4n) is 1.96. The quantitative estimate of drug-likeness (QED) is 0.728. The lowest BCUT2D eigenvalue weighted by Crippen LogP contribution is -2.40. The van der Waals surface area contributed by atoms with Gasteiger partial charge in [0.25, 0.3) is 0 Å². The summed E-state index contributed by atoms with van der Waals surface area (Å²) in [6.07, 6.45) is 2.65. The van der Waals surface area contributed by atoms with Crippen LogP contribution in [0.4, 0.5) is 0 Å². The zero-order valence-corrected chi connectivity index (χ0v) is 15.1. The molecular weight excluding hydrogens is 356 g/mol. The van der Waals surface area contributed by atoms with Crippen molar-refractivity contribution in [3.8, 4) is 5.75 Å². The zero-order valence-electron chi connectivity index (χ0n) is 12.6. The van der Waals surface area contributed by atoms with Crippen LogP contribution >= 0.6 is 15.9 Å². The summed E-state index contributed by atoms with van der Waals surface area (Å²) in [5.41, 5.74) is 6.57. The molecule has 0 aliphatic carbocycles. The van der Waals surface area contributed by atoms with E-state index in [4.69, 9.17) is 10.5 Å². The molecule has 21 heavy (non-hydrogen) atoms. The van der Waals surface area contributed by atoms with Gasteiger partial charge in [-0.15, -0.1) is 0 Å². The van der Waals surface area contributed by atoms with Crippen LogP contribution in [0.3, 0.4) is 0 Å². The average Bonchev–Trinajstić information content (AvgIpc) is 2.45. The predicted molar refractivity (Wildman–Crippen MR) is 88.1 cm³/mol. The van der Waals surface area contributed by atoms with Gasteiger partial charge in [0.2, 0.25) is 10.0 Å². The van der Waals surface area contributed by atoms with Crippen LogP contribution in [0, 0.1) is 6.92 Å². The lowest BCUT2D eigenvalue weighted by atomic mass is 10.1. The first kappa shape index (κ1) is 18.4. The molecule has 1 rings (SSSR count). The number of hydrogen-bond donors (Lipinski definition) is 2. The fraction of sp³-hybridized carbons (Fsp3) is 0.571. The molecule has 1 aromatic rings. The average molecular weight is 379 g/mol. The highest BCUT2D eigenvalue weighted by molar-refractivity contribution is 9.10. The number of nitrogens with two attached hydrogens (primary N) is 1. The number of ether oxygens (including phenoxy) is 1. The molecule has 7 heteroatoms. The summed E-state index contributed by atoms with van der Waals surface area (Å²) in [5, 5.41) is 0. The highest BCUT2D eigenvalue weighted by atomic mass is 79.9. The first-order valence-electron chi connectivity index (χ1n) is 6.92. The van der Waals surface area contributed by atoms with Crippen LogP contribution in [-0.2, 0) is 10.0 Å². The summed E-state index contributed by atoms with van der Waals surface area (Å²) >= 11 is 3.35. The molecule has 0 aromatic heterocycles. The van der Waals surface area contributed by atoms with Crippen molar-refractivity contribution in [3.05, 3.63) is 22.2 Å². The molecule has 3 N–H and O–H groups in total. The van der Waals surface area contributed by atoms with Crippen molar-refractivity contribution in [1.82, 2.24) is 4.72 Å². The van der Waals surface area contributed by atoms with Crippen molar-refractivity contribution in [3.63, 3.8) is 0 Å². The predicted octanol–water partition coefficient (Wildman–Crippen LogP) is 2.56. The zero-order chi connectivity index (χ0) is 16.0. The van der Waals surface area contributed by atoms with E-state index in [0.717, 1.165) is 29.3 Å². The van der Waals surface area contributed by atoms with Gasteiger partial charge < -0.3 is 10.5 Å². The summed E-state index contributed by atoms with van der Waals surface area (Å²) in [4.78, 5) is 0.123. The first-order chi connectivity index (χ1) is 9.85. The Morgan fingerprint density at radius 3 is 2.62 bits per heavy atom. The molecule has 0 aliphatic heterocycles. The van der Waals surface area contributed by atoms with Crippen molar-refractivity contribution < 1.29 is 13.2 Å². The summed E-state index contributed by atoms with van der Waals surface area (Å²) in [6.45, 7) is 4.21. The molecule has 0 aliphatic rings. The second-order valence-corrected chi connectivity index (χ2v) is 7.49. The van der Waals surface area contributed by atoms with Crippen molar-refractivity contribution in [2.24, 2.45) is 5.73 Å². The summed E-state index contributed by atoms with van der Waals surface area (Å²) in [5.74, 6) is 0.328. The van der Waals surface area contributed by atoms with E-state index in [1.807, 2.05) is 6.92 Å². The first-order valence-corrected chi connectivity index (χ1v) is 9.19. The van der Waals surface area contributed by atoms with E-state index >= 15 is 0 Å². The minimum absolute atomic E-state index is 0.123. The molecule has 5 nitrogen and oxygen atoms in total. The van der Waals surface area contributed by atoms with Gasteiger partial charge in [-0.3, -0.25) is 0 Å². The standard InChI is InChI=1S/C14H23BrN2O3S/c1-4-5-6-11(9-16)17-21(18,19)14-8-12(15)10(2)7-13(14)20-3/h7-8,11,17H,4-6,9,16H2,1-3H3. The van der Waals surface area contributed by atoms with Gasteiger partial charge in [0, 0.05) is 17.1 Å². The molecule has 0 radical (unpaired) electrons.